The molecule has 3 aromatic rings. The van der Waals surface area contributed by atoms with Crippen LogP contribution < -0.4 is 5.32 Å². The van der Waals surface area contributed by atoms with Crippen molar-refractivity contribution in [1.29, 1.82) is 0 Å². The number of aromatic nitrogens is 3. The van der Waals surface area contributed by atoms with E-state index in [0.717, 1.165) is 34.0 Å². The van der Waals surface area contributed by atoms with Crippen molar-refractivity contribution in [3.63, 3.8) is 0 Å². The number of nitrogens with one attached hydrogen (secondary N) is 1. The Morgan fingerprint density at radius 3 is 2.42 bits per heavy atom. The number of halogens is 1. The minimum Gasteiger partial charge on any atom is -0.351 e. The van der Waals surface area contributed by atoms with Gasteiger partial charge in [-0.2, -0.15) is 5.10 Å². The van der Waals surface area contributed by atoms with Crippen LogP contribution in [0.3, 0.4) is 0 Å². The molecule has 0 aliphatic heterocycles. The van der Waals surface area contributed by atoms with Gasteiger partial charge >= 0.3 is 0 Å². The number of amides is 1. The number of hydrogen-bond donors (Lipinski definition) is 1. The first-order chi connectivity index (χ1) is 15.0. The predicted octanol–water partition coefficient (Wildman–Crippen LogP) is 4.49. The number of pyridine rings is 1. The molecule has 31 heavy (non-hydrogen) atoms. The first-order valence-corrected chi connectivity index (χ1v) is 11.4. The van der Waals surface area contributed by atoms with Crippen molar-refractivity contribution in [3.8, 4) is 11.1 Å². The van der Waals surface area contributed by atoms with Crippen molar-refractivity contribution in [2.45, 2.75) is 51.6 Å². The molecule has 0 unspecified atom stereocenters. The summed E-state index contributed by atoms with van der Waals surface area (Å²) < 4.78 is 15.1. The lowest BCUT2D eigenvalue weighted by Crippen LogP contribution is -2.56. The second-order valence-corrected chi connectivity index (χ2v) is 9.83. The molecule has 0 spiro atoms. The summed E-state index contributed by atoms with van der Waals surface area (Å²) in [7, 11) is 0. The molecule has 4 saturated carbocycles. The molecule has 7 rings (SSSR count). The molecule has 160 valence electrons. The number of hydrogen-bond acceptors (Lipinski definition) is 3. The summed E-state index contributed by atoms with van der Waals surface area (Å²) in [5.74, 6) is 2.85. The highest BCUT2D eigenvalue weighted by Gasteiger charge is 2.48. The normalized spacial score (nSPS) is 28.9. The third-order valence-corrected chi connectivity index (χ3v) is 7.81. The lowest BCUT2D eigenvalue weighted by atomic mass is 9.54. The molecule has 0 atom stereocenters. The van der Waals surface area contributed by atoms with Crippen molar-refractivity contribution >= 4 is 16.9 Å². The van der Waals surface area contributed by atoms with E-state index in [0.29, 0.717) is 23.5 Å². The van der Waals surface area contributed by atoms with Crippen LogP contribution in [0.1, 0.15) is 37.8 Å². The van der Waals surface area contributed by atoms with Gasteiger partial charge in [0.25, 0.3) is 0 Å². The lowest BCUT2D eigenvalue weighted by Gasteiger charge is -2.54. The number of fused-ring (bicyclic) bond motifs is 1. The molecule has 4 bridgehead atoms. The molecular weight excluding hydrogens is 391 g/mol. The molecule has 4 aliphatic rings. The van der Waals surface area contributed by atoms with Gasteiger partial charge in [-0.25, -0.2) is 14.1 Å². The second kappa shape index (κ2) is 7.14. The fraction of sp³-hybridized carbons (Fsp3) is 0.480. The minimum absolute atomic E-state index is 0.0239. The smallest absolute Gasteiger partial charge is 0.242 e. The van der Waals surface area contributed by atoms with E-state index in [1.54, 1.807) is 23.0 Å². The Morgan fingerprint density at radius 1 is 1.06 bits per heavy atom. The SMILES string of the molecule is Cc1nn(CC(=O)NC2C3CC4CC(C3)CC2C4)c2nccc(-c3ccc(F)cc3)c12. The molecule has 1 N–H and O–H groups in total. The van der Waals surface area contributed by atoms with Crippen molar-refractivity contribution in [2.75, 3.05) is 0 Å². The highest BCUT2D eigenvalue weighted by atomic mass is 19.1. The molecule has 0 radical (unpaired) electrons. The Balaban J connectivity index is 1.25. The van der Waals surface area contributed by atoms with Crippen LogP contribution in [0.15, 0.2) is 36.5 Å². The van der Waals surface area contributed by atoms with Gasteiger partial charge in [0.1, 0.15) is 12.4 Å². The Kier molecular flexibility index (Phi) is 4.37. The van der Waals surface area contributed by atoms with Gasteiger partial charge in [-0.1, -0.05) is 12.1 Å². The van der Waals surface area contributed by atoms with E-state index in [-0.39, 0.29) is 18.3 Å². The van der Waals surface area contributed by atoms with Crippen LogP contribution in [0, 0.1) is 36.4 Å². The van der Waals surface area contributed by atoms with Gasteiger partial charge in [0.15, 0.2) is 5.65 Å². The van der Waals surface area contributed by atoms with Gasteiger partial charge in [0.05, 0.1) is 5.69 Å². The van der Waals surface area contributed by atoms with Gasteiger partial charge < -0.3 is 5.32 Å². The topological polar surface area (TPSA) is 59.8 Å². The standard InChI is InChI=1S/C25H27FN4O/c1-14-23-21(17-2-4-20(26)5-3-17)6-7-27-25(23)30(29-14)13-22(31)28-24-18-9-15-8-16(11-18)12-19(24)10-15/h2-7,15-16,18-19,24H,8-13H2,1H3,(H,28,31). The Bertz CT molecular complexity index is 1120. The number of rotatable bonds is 4. The molecule has 1 amide bonds. The molecule has 0 saturated heterocycles. The number of nitrogens with zero attached hydrogens (tertiary/aromatic N) is 3. The first-order valence-electron chi connectivity index (χ1n) is 11.4. The van der Waals surface area contributed by atoms with Gasteiger partial charge in [0, 0.05) is 17.6 Å². The fourth-order valence-electron chi connectivity index (χ4n) is 6.79. The van der Waals surface area contributed by atoms with Crippen LogP contribution in [0.5, 0.6) is 0 Å². The van der Waals surface area contributed by atoms with Crippen molar-refractivity contribution in [1.82, 2.24) is 20.1 Å². The summed E-state index contributed by atoms with van der Waals surface area (Å²) in [6.45, 7) is 2.11. The van der Waals surface area contributed by atoms with Gasteiger partial charge in [-0.3, -0.25) is 4.79 Å². The zero-order valence-corrected chi connectivity index (χ0v) is 17.7. The Morgan fingerprint density at radius 2 is 1.74 bits per heavy atom. The van der Waals surface area contributed by atoms with E-state index in [4.69, 9.17) is 0 Å². The van der Waals surface area contributed by atoms with Gasteiger partial charge in [-0.05, 0) is 92.0 Å². The van der Waals surface area contributed by atoms with Crippen LogP contribution in [0.4, 0.5) is 4.39 Å². The quantitative estimate of drug-likeness (QED) is 0.679. The van der Waals surface area contributed by atoms with E-state index in [1.165, 1.54) is 44.2 Å². The van der Waals surface area contributed by atoms with E-state index in [9.17, 15) is 9.18 Å². The largest absolute Gasteiger partial charge is 0.351 e. The molecular formula is C25H27FN4O. The Labute approximate surface area is 181 Å². The monoisotopic (exact) mass is 418 g/mol. The van der Waals surface area contributed by atoms with Crippen molar-refractivity contribution in [3.05, 3.63) is 48.0 Å². The molecule has 4 aliphatic carbocycles. The van der Waals surface area contributed by atoms with E-state index in [1.807, 2.05) is 13.0 Å². The van der Waals surface area contributed by atoms with E-state index in [2.05, 4.69) is 15.4 Å². The van der Waals surface area contributed by atoms with Crippen LogP contribution in [0.2, 0.25) is 0 Å². The molecule has 5 nitrogen and oxygen atoms in total. The molecule has 6 heteroatoms. The van der Waals surface area contributed by atoms with E-state index < -0.39 is 0 Å². The molecule has 2 heterocycles. The fourth-order valence-corrected chi connectivity index (χ4v) is 6.79. The lowest BCUT2D eigenvalue weighted by molar-refractivity contribution is -0.125. The maximum absolute atomic E-state index is 13.4. The number of aryl methyl sites for hydroxylation is 1. The maximum Gasteiger partial charge on any atom is 0.242 e. The average molecular weight is 419 g/mol. The summed E-state index contributed by atoms with van der Waals surface area (Å²) in [6, 6.07) is 8.69. The number of carbonyl (C=O) groups excluding carboxylic acids is 1. The van der Waals surface area contributed by atoms with Crippen LogP contribution >= 0.6 is 0 Å². The Hall–Kier alpha value is -2.76. The van der Waals surface area contributed by atoms with Crippen LogP contribution in [0.25, 0.3) is 22.2 Å². The number of benzene rings is 1. The van der Waals surface area contributed by atoms with E-state index >= 15 is 0 Å². The first kappa shape index (κ1) is 19.0. The minimum atomic E-state index is -0.261. The number of carbonyl (C=O) groups is 1. The maximum atomic E-state index is 13.4. The van der Waals surface area contributed by atoms with Gasteiger partial charge in [0.2, 0.25) is 5.91 Å². The van der Waals surface area contributed by atoms with Gasteiger partial charge in [-0.15, -0.1) is 0 Å². The summed E-state index contributed by atoms with van der Waals surface area (Å²) in [4.78, 5) is 17.5. The molecule has 1 aromatic carbocycles. The zero-order valence-electron chi connectivity index (χ0n) is 17.7. The van der Waals surface area contributed by atoms with Crippen LogP contribution in [-0.2, 0) is 11.3 Å². The third-order valence-electron chi connectivity index (χ3n) is 7.81. The third kappa shape index (κ3) is 3.24. The average Bonchev–Trinajstić information content (AvgIpc) is 3.06. The summed E-state index contributed by atoms with van der Waals surface area (Å²) in [5.41, 5.74) is 3.38. The zero-order chi connectivity index (χ0) is 21.1. The highest BCUT2D eigenvalue weighted by Crippen LogP contribution is 2.53. The van der Waals surface area contributed by atoms with Crippen molar-refractivity contribution in [2.24, 2.45) is 23.7 Å². The highest BCUT2D eigenvalue weighted by molar-refractivity contribution is 5.95. The summed E-state index contributed by atoms with van der Waals surface area (Å²) >= 11 is 0. The summed E-state index contributed by atoms with van der Waals surface area (Å²) in [5, 5.41) is 8.92. The second-order valence-electron chi connectivity index (χ2n) is 9.83. The predicted molar refractivity (Wildman–Crippen MR) is 117 cm³/mol. The molecule has 4 fully saturated rings. The van der Waals surface area contributed by atoms with Crippen LogP contribution in [-0.4, -0.2) is 26.7 Å². The van der Waals surface area contributed by atoms with Crippen molar-refractivity contribution < 1.29 is 9.18 Å². The molecule has 2 aromatic heterocycles. The summed E-state index contributed by atoms with van der Waals surface area (Å²) in [6.07, 6.45) is 8.27.